The minimum atomic E-state index is -0.664. The van der Waals surface area contributed by atoms with Crippen LogP contribution in [0.1, 0.15) is 0 Å². The Labute approximate surface area is 90.8 Å². The molecule has 1 aromatic carbocycles. The summed E-state index contributed by atoms with van der Waals surface area (Å²) in [6.07, 6.45) is -0.664. The number of rotatable bonds is 3. The van der Waals surface area contributed by atoms with E-state index in [1.165, 1.54) is 11.9 Å². The molecule has 1 aromatic rings. The smallest absolute Gasteiger partial charge is 0.313 e. The number of benzene rings is 1. The molecule has 1 saturated heterocycles. The Morgan fingerprint density at radius 1 is 1.20 bits per heavy atom. The maximum absolute atomic E-state index is 11.1. The van der Waals surface area contributed by atoms with Crippen molar-refractivity contribution in [2.45, 2.75) is 11.1 Å². The Kier molecular flexibility index (Phi) is 2.89. The van der Waals surface area contributed by atoms with E-state index in [1.54, 1.807) is 0 Å². The van der Waals surface area contributed by atoms with Crippen LogP contribution in [0.5, 0.6) is 0 Å². The number of urea groups is 1. The molecule has 3 amide bonds. The van der Waals surface area contributed by atoms with Crippen molar-refractivity contribution in [2.24, 2.45) is 0 Å². The summed E-state index contributed by atoms with van der Waals surface area (Å²) in [6, 6.07) is 9.06. The van der Waals surface area contributed by atoms with Gasteiger partial charge in [0.2, 0.25) is 0 Å². The van der Waals surface area contributed by atoms with Crippen LogP contribution in [0.3, 0.4) is 0 Å². The van der Waals surface area contributed by atoms with Crippen LogP contribution in [0.2, 0.25) is 0 Å². The molecule has 1 heterocycles. The lowest BCUT2D eigenvalue weighted by Crippen LogP contribution is -2.39. The number of carbonyl (C=O) groups is 2. The summed E-state index contributed by atoms with van der Waals surface area (Å²) in [5, 5.41) is 4.58. The third kappa shape index (κ3) is 2.48. The maximum atomic E-state index is 11.1. The number of hydrogen-bond donors (Lipinski definition) is 3. The molecule has 1 atom stereocenters. The fraction of sp³-hybridized carbons (Fsp3) is 0.111. The van der Waals surface area contributed by atoms with Crippen LogP contribution in [0.15, 0.2) is 35.2 Å². The molecule has 1 aliphatic rings. The predicted octanol–water partition coefficient (Wildman–Crippen LogP) is 0.449. The first-order chi connectivity index (χ1) is 7.25. The highest BCUT2D eigenvalue weighted by Gasteiger charge is 2.28. The van der Waals surface area contributed by atoms with E-state index in [9.17, 15) is 9.59 Å². The number of amides is 3. The summed E-state index contributed by atoms with van der Waals surface area (Å²) in [5.74, 6) is -0.358. The molecule has 3 N–H and O–H groups in total. The summed E-state index contributed by atoms with van der Waals surface area (Å²) in [7, 11) is 0. The molecule has 0 bridgehead atoms. The zero-order chi connectivity index (χ0) is 10.7. The van der Waals surface area contributed by atoms with E-state index >= 15 is 0 Å². The second-order valence-electron chi connectivity index (χ2n) is 2.93. The highest BCUT2D eigenvalue weighted by Crippen LogP contribution is 2.13. The average molecular weight is 223 g/mol. The zero-order valence-electron chi connectivity index (χ0n) is 7.69. The molecule has 2 rings (SSSR count). The molecule has 5 nitrogen and oxygen atoms in total. The maximum Gasteiger partial charge on any atom is 0.323 e. The van der Waals surface area contributed by atoms with Gasteiger partial charge in [-0.15, -0.1) is 0 Å². The van der Waals surface area contributed by atoms with Crippen LogP contribution in [-0.4, -0.2) is 18.1 Å². The molecule has 15 heavy (non-hydrogen) atoms. The zero-order valence-corrected chi connectivity index (χ0v) is 8.51. The van der Waals surface area contributed by atoms with Gasteiger partial charge in [-0.25, -0.2) is 9.52 Å². The summed E-state index contributed by atoms with van der Waals surface area (Å²) in [4.78, 5) is 22.9. The number of imide groups is 1. The van der Waals surface area contributed by atoms with Gasteiger partial charge in [-0.1, -0.05) is 18.2 Å². The monoisotopic (exact) mass is 223 g/mol. The molecule has 0 aliphatic carbocycles. The highest BCUT2D eigenvalue weighted by atomic mass is 32.2. The van der Waals surface area contributed by atoms with Gasteiger partial charge in [-0.2, -0.15) is 0 Å². The SMILES string of the molecule is O=C1NC(=O)C(NSc2ccccc2)N1. The third-order valence-corrected chi connectivity index (χ3v) is 2.67. The van der Waals surface area contributed by atoms with E-state index in [0.29, 0.717) is 0 Å². The van der Waals surface area contributed by atoms with Crippen molar-refractivity contribution >= 4 is 23.9 Å². The first-order valence-electron chi connectivity index (χ1n) is 4.34. The number of hydrogen-bond acceptors (Lipinski definition) is 4. The molecule has 78 valence electrons. The fourth-order valence-corrected chi connectivity index (χ4v) is 1.83. The van der Waals surface area contributed by atoms with Gasteiger partial charge in [0, 0.05) is 4.90 Å². The van der Waals surface area contributed by atoms with E-state index in [1.807, 2.05) is 30.3 Å². The second kappa shape index (κ2) is 4.33. The van der Waals surface area contributed by atoms with E-state index < -0.39 is 12.2 Å². The molecule has 1 aliphatic heterocycles. The first-order valence-corrected chi connectivity index (χ1v) is 5.16. The van der Waals surface area contributed by atoms with Crippen molar-refractivity contribution in [1.82, 2.24) is 15.4 Å². The molecule has 6 heteroatoms. The lowest BCUT2D eigenvalue weighted by Gasteiger charge is -2.08. The highest BCUT2D eigenvalue weighted by molar-refractivity contribution is 7.97. The van der Waals surface area contributed by atoms with E-state index in [4.69, 9.17) is 0 Å². The van der Waals surface area contributed by atoms with Gasteiger partial charge in [0.15, 0.2) is 6.17 Å². The molecule has 0 aromatic heterocycles. The normalized spacial score (nSPS) is 19.9. The molecule has 1 fully saturated rings. The third-order valence-electron chi connectivity index (χ3n) is 1.81. The van der Waals surface area contributed by atoms with Crippen molar-refractivity contribution in [2.75, 3.05) is 0 Å². The predicted molar refractivity (Wildman–Crippen MR) is 55.9 cm³/mol. The van der Waals surface area contributed by atoms with Gasteiger partial charge in [0.05, 0.1) is 0 Å². The van der Waals surface area contributed by atoms with Crippen molar-refractivity contribution in [3.63, 3.8) is 0 Å². The Hall–Kier alpha value is -1.53. The quantitative estimate of drug-likeness (QED) is 0.514. The molecular formula is C9H9N3O2S. The van der Waals surface area contributed by atoms with Crippen LogP contribution in [0.4, 0.5) is 4.79 Å². The van der Waals surface area contributed by atoms with Crippen molar-refractivity contribution in [3.05, 3.63) is 30.3 Å². The Balaban J connectivity index is 1.89. The van der Waals surface area contributed by atoms with Crippen LogP contribution in [0.25, 0.3) is 0 Å². The minimum Gasteiger partial charge on any atom is -0.313 e. The summed E-state index contributed by atoms with van der Waals surface area (Å²) in [6.45, 7) is 0. The second-order valence-corrected chi connectivity index (χ2v) is 3.84. The van der Waals surface area contributed by atoms with Gasteiger partial charge in [-0.05, 0) is 24.1 Å². The molecule has 0 saturated carbocycles. The lowest BCUT2D eigenvalue weighted by atomic mass is 10.4. The van der Waals surface area contributed by atoms with Gasteiger partial charge < -0.3 is 5.32 Å². The first kappa shape index (κ1) is 10.0. The van der Waals surface area contributed by atoms with Gasteiger partial charge in [0.1, 0.15) is 0 Å². The van der Waals surface area contributed by atoms with Crippen LogP contribution >= 0.6 is 11.9 Å². The largest absolute Gasteiger partial charge is 0.323 e. The van der Waals surface area contributed by atoms with E-state index in [0.717, 1.165) is 4.90 Å². The Bertz CT molecular complexity index is 382. The van der Waals surface area contributed by atoms with Gasteiger partial charge >= 0.3 is 6.03 Å². The summed E-state index contributed by atoms with van der Waals surface area (Å²) >= 11 is 1.30. The number of carbonyl (C=O) groups excluding carboxylic acids is 2. The van der Waals surface area contributed by atoms with E-state index in [-0.39, 0.29) is 5.91 Å². The average Bonchev–Trinajstić information content (AvgIpc) is 2.56. The lowest BCUT2D eigenvalue weighted by molar-refractivity contribution is -0.120. The van der Waals surface area contributed by atoms with E-state index in [2.05, 4.69) is 15.4 Å². The van der Waals surface area contributed by atoms with Crippen molar-refractivity contribution in [3.8, 4) is 0 Å². The molecular weight excluding hydrogens is 214 g/mol. The fourth-order valence-electron chi connectivity index (χ4n) is 1.12. The van der Waals surface area contributed by atoms with Crippen molar-refractivity contribution in [1.29, 1.82) is 0 Å². The summed E-state index contributed by atoms with van der Waals surface area (Å²) in [5.41, 5.74) is 0. The Morgan fingerprint density at radius 3 is 2.53 bits per heavy atom. The molecule has 0 radical (unpaired) electrons. The summed E-state index contributed by atoms with van der Waals surface area (Å²) < 4.78 is 2.85. The number of nitrogens with one attached hydrogen (secondary N) is 3. The Morgan fingerprint density at radius 2 is 1.93 bits per heavy atom. The van der Waals surface area contributed by atoms with Gasteiger partial charge in [-0.3, -0.25) is 10.1 Å². The standard InChI is InChI=1S/C9H9N3O2S/c13-8-7(10-9(14)11-8)12-15-6-4-2-1-3-5-6/h1-5,7,12H,(H2,10,11,13,14). The van der Waals surface area contributed by atoms with Gasteiger partial charge in [0.25, 0.3) is 5.91 Å². The van der Waals surface area contributed by atoms with Crippen LogP contribution in [-0.2, 0) is 4.79 Å². The van der Waals surface area contributed by atoms with Crippen LogP contribution < -0.4 is 15.4 Å². The molecule has 0 spiro atoms. The van der Waals surface area contributed by atoms with Crippen LogP contribution in [0, 0.1) is 0 Å². The topological polar surface area (TPSA) is 70.2 Å². The minimum absolute atomic E-state index is 0.358. The van der Waals surface area contributed by atoms with Crippen molar-refractivity contribution < 1.29 is 9.59 Å². The molecule has 1 unspecified atom stereocenters.